The van der Waals surface area contributed by atoms with Crippen LogP contribution in [0.1, 0.15) is 11.3 Å². The van der Waals surface area contributed by atoms with Gasteiger partial charge in [0.05, 0.1) is 0 Å². The van der Waals surface area contributed by atoms with Gasteiger partial charge in [0.15, 0.2) is 0 Å². The first-order chi connectivity index (χ1) is 10.7. The molecule has 0 fully saturated rings. The van der Waals surface area contributed by atoms with E-state index in [1.807, 2.05) is 12.1 Å². The van der Waals surface area contributed by atoms with Gasteiger partial charge in [0, 0.05) is 45.2 Å². The van der Waals surface area contributed by atoms with Crippen LogP contribution in [-0.4, -0.2) is 18.1 Å². The summed E-state index contributed by atoms with van der Waals surface area (Å²) in [7, 11) is 0. The third-order valence-electron chi connectivity index (χ3n) is 4.34. The minimum absolute atomic E-state index is 0. The molecule has 0 radical (unpaired) electrons. The van der Waals surface area contributed by atoms with Crippen LogP contribution in [0.2, 0.25) is 10.0 Å². The molecular weight excluding hydrogens is 351 g/mol. The summed E-state index contributed by atoms with van der Waals surface area (Å²) in [4.78, 5) is 3.56. The Hall–Kier alpha value is -1.19. The Balaban J connectivity index is 0.00000156. The van der Waals surface area contributed by atoms with Crippen LogP contribution in [0, 0.1) is 0 Å². The third kappa shape index (κ3) is 3.09. The molecule has 2 aromatic carbocycles. The van der Waals surface area contributed by atoms with Crippen molar-refractivity contribution >= 4 is 46.5 Å². The van der Waals surface area contributed by atoms with Crippen molar-refractivity contribution in [3.8, 4) is 11.1 Å². The zero-order valence-electron chi connectivity index (χ0n) is 12.5. The van der Waals surface area contributed by atoms with Crippen LogP contribution in [0.5, 0.6) is 0 Å². The predicted molar refractivity (Wildman–Crippen MR) is 101 cm³/mol. The standard InChI is InChI=1S/C18H16Cl2N2.ClH/c19-12-2-3-13(16(20)10-12)11-1-4-17-15(9-11)14-5-7-21-8-6-18(14)22-17;/h1-4,9-10,21-22H,5-8H2;1H. The maximum atomic E-state index is 6.36. The van der Waals surface area contributed by atoms with E-state index in [4.69, 9.17) is 23.2 Å². The molecule has 2 nitrogen and oxygen atoms in total. The summed E-state index contributed by atoms with van der Waals surface area (Å²) >= 11 is 12.4. The molecule has 1 aliphatic rings. The molecule has 2 heterocycles. The predicted octanol–water partition coefficient (Wildman–Crippen LogP) is 5.25. The summed E-state index contributed by atoms with van der Waals surface area (Å²) in [5, 5.41) is 6.11. The number of hydrogen-bond acceptors (Lipinski definition) is 1. The minimum atomic E-state index is 0. The first-order valence-corrected chi connectivity index (χ1v) is 8.27. The van der Waals surface area contributed by atoms with Crippen LogP contribution in [0.15, 0.2) is 36.4 Å². The first-order valence-electron chi connectivity index (χ1n) is 7.52. The lowest BCUT2D eigenvalue weighted by Crippen LogP contribution is -2.16. The molecule has 5 heteroatoms. The SMILES string of the molecule is Cl.Clc1ccc(-c2ccc3[nH]c4c(c3c2)CCNCC4)c(Cl)c1. The zero-order valence-corrected chi connectivity index (χ0v) is 14.8. The molecule has 120 valence electrons. The highest BCUT2D eigenvalue weighted by Gasteiger charge is 2.15. The number of rotatable bonds is 1. The van der Waals surface area contributed by atoms with Gasteiger partial charge in [0.2, 0.25) is 0 Å². The number of H-pyrrole nitrogens is 1. The van der Waals surface area contributed by atoms with Crippen LogP contribution in [0.4, 0.5) is 0 Å². The van der Waals surface area contributed by atoms with Gasteiger partial charge in [0.1, 0.15) is 0 Å². The molecule has 0 amide bonds. The van der Waals surface area contributed by atoms with E-state index < -0.39 is 0 Å². The second kappa shape index (κ2) is 6.74. The van der Waals surface area contributed by atoms with Gasteiger partial charge >= 0.3 is 0 Å². The second-order valence-corrected chi connectivity index (χ2v) is 6.56. The van der Waals surface area contributed by atoms with E-state index in [1.165, 1.54) is 22.2 Å². The summed E-state index contributed by atoms with van der Waals surface area (Å²) in [6, 6.07) is 12.2. The van der Waals surface area contributed by atoms with Gasteiger partial charge in [-0.25, -0.2) is 0 Å². The van der Waals surface area contributed by atoms with Crippen LogP contribution in [0.3, 0.4) is 0 Å². The molecule has 1 aliphatic heterocycles. The Morgan fingerprint density at radius 1 is 0.913 bits per heavy atom. The van der Waals surface area contributed by atoms with E-state index in [0.29, 0.717) is 10.0 Å². The Kier molecular flexibility index (Phi) is 4.88. The molecule has 0 saturated heterocycles. The van der Waals surface area contributed by atoms with Crippen molar-refractivity contribution in [2.24, 2.45) is 0 Å². The molecule has 0 atom stereocenters. The van der Waals surface area contributed by atoms with Crippen molar-refractivity contribution in [1.82, 2.24) is 10.3 Å². The monoisotopic (exact) mass is 366 g/mol. The highest BCUT2D eigenvalue weighted by atomic mass is 35.5. The van der Waals surface area contributed by atoms with E-state index in [-0.39, 0.29) is 12.4 Å². The maximum absolute atomic E-state index is 6.36. The van der Waals surface area contributed by atoms with Crippen LogP contribution < -0.4 is 5.32 Å². The third-order valence-corrected chi connectivity index (χ3v) is 4.89. The van der Waals surface area contributed by atoms with E-state index >= 15 is 0 Å². The summed E-state index contributed by atoms with van der Waals surface area (Å²) in [6.45, 7) is 2.07. The number of nitrogens with one attached hydrogen (secondary N) is 2. The summed E-state index contributed by atoms with van der Waals surface area (Å²) in [6.07, 6.45) is 2.12. The number of hydrogen-bond donors (Lipinski definition) is 2. The lowest BCUT2D eigenvalue weighted by atomic mass is 10.0. The average Bonchev–Trinajstić information content (AvgIpc) is 2.68. The van der Waals surface area contributed by atoms with E-state index in [1.54, 1.807) is 6.07 Å². The Labute approximate surface area is 151 Å². The lowest BCUT2D eigenvalue weighted by Gasteiger charge is -2.06. The van der Waals surface area contributed by atoms with Crippen molar-refractivity contribution < 1.29 is 0 Å². The van der Waals surface area contributed by atoms with Crippen molar-refractivity contribution in [2.75, 3.05) is 13.1 Å². The van der Waals surface area contributed by atoms with Gasteiger partial charge < -0.3 is 10.3 Å². The Morgan fingerprint density at radius 3 is 2.57 bits per heavy atom. The molecule has 0 saturated carbocycles. The molecule has 0 aliphatic carbocycles. The number of halogens is 3. The molecule has 23 heavy (non-hydrogen) atoms. The van der Waals surface area contributed by atoms with Crippen LogP contribution in [0.25, 0.3) is 22.0 Å². The minimum Gasteiger partial charge on any atom is -0.358 e. The molecule has 4 rings (SSSR count). The van der Waals surface area contributed by atoms with Gasteiger partial charge in [0.25, 0.3) is 0 Å². The van der Waals surface area contributed by atoms with Crippen LogP contribution in [-0.2, 0) is 12.8 Å². The molecule has 2 N–H and O–H groups in total. The molecular formula is C18H17Cl3N2. The molecule has 0 unspecified atom stereocenters. The Bertz CT molecular complexity index is 855. The average molecular weight is 368 g/mol. The molecule has 0 bridgehead atoms. The van der Waals surface area contributed by atoms with E-state index in [9.17, 15) is 0 Å². The number of aromatic nitrogens is 1. The van der Waals surface area contributed by atoms with Gasteiger partial charge in [-0.3, -0.25) is 0 Å². The second-order valence-electron chi connectivity index (χ2n) is 5.72. The summed E-state index contributed by atoms with van der Waals surface area (Å²) < 4.78 is 0. The zero-order chi connectivity index (χ0) is 15.1. The van der Waals surface area contributed by atoms with Gasteiger partial charge in [-0.05, 0) is 48.4 Å². The number of fused-ring (bicyclic) bond motifs is 3. The fourth-order valence-corrected chi connectivity index (χ4v) is 3.76. The van der Waals surface area contributed by atoms with Crippen molar-refractivity contribution in [3.63, 3.8) is 0 Å². The Morgan fingerprint density at radius 2 is 1.74 bits per heavy atom. The van der Waals surface area contributed by atoms with E-state index in [2.05, 4.69) is 28.5 Å². The fourth-order valence-electron chi connectivity index (χ4n) is 3.25. The van der Waals surface area contributed by atoms with Gasteiger partial charge in [-0.2, -0.15) is 0 Å². The maximum Gasteiger partial charge on any atom is 0.0499 e. The van der Waals surface area contributed by atoms with Crippen molar-refractivity contribution in [3.05, 3.63) is 57.7 Å². The van der Waals surface area contributed by atoms with Crippen molar-refractivity contribution in [1.29, 1.82) is 0 Å². The first kappa shape index (κ1) is 16.7. The highest BCUT2D eigenvalue weighted by molar-refractivity contribution is 6.36. The molecule has 0 spiro atoms. The largest absolute Gasteiger partial charge is 0.358 e. The van der Waals surface area contributed by atoms with Gasteiger partial charge in [-0.15, -0.1) is 12.4 Å². The molecule has 1 aromatic heterocycles. The van der Waals surface area contributed by atoms with Crippen molar-refractivity contribution in [2.45, 2.75) is 12.8 Å². The summed E-state index contributed by atoms with van der Waals surface area (Å²) in [5.74, 6) is 0. The lowest BCUT2D eigenvalue weighted by molar-refractivity contribution is 0.708. The van der Waals surface area contributed by atoms with Gasteiger partial charge in [-0.1, -0.05) is 35.3 Å². The topological polar surface area (TPSA) is 27.8 Å². The fraction of sp³-hybridized carbons (Fsp3) is 0.222. The smallest absolute Gasteiger partial charge is 0.0499 e. The number of benzene rings is 2. The molecule has 3 aromatic rings. The van der Waals surface area contributed by atoms with Crippen LogP contribution >= 0.6 is 35.6 Å². The van der Waals surface area contributed by atoms with E-state index in [0.717, 1.165) is 37.1 Å². The quantitative estimate of drug-likeness (QED) is 0.604. The number of aromatic amines is 1. The highest BCUT2D eigenvalue weighted by Crippen LogP contribution is 2.34. The normalized spacial score (nSPS) is 14.2. The summed E-state index contributed by atoms with van der Waals surface area (Å²) in [5.41, 5.74) is 6.16.